The second-order valence-corrected chi connectivity index (χ2v) is 7.68. The second-order valence-electron chi connectivity index (χ2n) is 5.06. The van der Waals surface area contributed by atoms with Gasteiger partial charge in [0.2, 0.25) is 0 Å². The van der Waals surface area contributed by atoms with E-state index in [1.807, 2.05) is 0 Å². The lowest BCUT2D eigenvalue weighted by atomic mass is 10.2. The Labute approximate surface area is 148 Å². The van der Waals surface area contributed by atoms with E-state index < -0.39 is 22.0 Å². The monoisotopic (exact) mass is 386 g/mol. The van der Waals surface area contributed by atoms with Gasteiger partial charge in [-0.25, -0.2) is 8.42 Å². The third kappa shape index (κ3) is 2.79. The molecular weight excluding hydrogens is 375 g/mol. The number of carbonyl (C=O) groups is 1. The predicted molar refractivity (Wildman–Crippen MR) is 91.0 cm³/mol. The first-order valence-corrected chi connectivity index (χ1v) is 9.03. The van der Waals surface area contributed by atoms with Crippen LogP contribution < -0.4 is 14.8 Å². The molecular formula is C15H12Cl2N2O4S. The summed E-state index contributed by atoms with van der Waals surface area (Å²) in [4.78, 5) is 11.4. The third-order valence-electron chi connectivity index (χ3n) is 3.54. The summed E-state index contributed by atoms with van der Waals surface area (Å²) in [7, 11) is -4.07. The van der Waals surface area contributed by atoms with E-state index in [-0.39, 0.29) is 27.2 Å². The lowest BCUT2D eigenvalue weighted by Crippen LogP contribution is -2.49. The Morgan fingerprint density at radius 1 is 1.17 bits per heavy atom. The SMILES string of the molecule is NC(=O)[C@@H]1CN(S(=O)(=O)c2cccc(Cl)c2Cl)c2ccccc2O1. The van der Waals surface area contributed by atoms with E-state index in [0.29, 0.717) is 5.69 Å². The minimum atomic E-state index is -4.07. The number of primary amides is 1. The number of carbonyl (C=O) groups excluding carboxylic acids is 1. The number of nitrogens with zero attached hydrogens (tertiary/aromatic N) is 1. The van der Waals surface area contributed by atoms with Crippen molar-refractivity contribution in [2.24, 2.45) is 5.73 Å². The van der Waals surface area contributed by atoms with Gasteiger partial charge in [-0.2, -0.15) is 0 Å². The normalized spacial score (nSPS) is 17.1. The Bertz CT molecular complexity index is 917. The molecule has 0 unspecified atom stereocenters. The van der Waals surface area contributed by atoms with Crippen LogP contribution in [0.4, 0.5) is 5.69 Å². The van der Waals surface area contributed by atoms with Crippen LogP contribution >= 0.6 is 23.2 Å². The molecule has 1 aliphatic rings. The van der Waals surface area contributed by atoms with Crippen molar-refractivity contribution in [3.05, 3.63) is 52.5 Å². The van der Waals surface area contributed by atoms with Crippen LogP contribution in [0.3, 0.4) is 0 Å². The number of fused-ring (bicyclic) bond motifs is 1. The van der Waals surface area contributed by atoms with Gasteiger partial charge in [-0.1, -0.05) is 41.4 Å². The number of benzene rings is 2. The fraction of sp³-hybridized carbons (Fsp3) is 0.133. The molecule has 0 saturated carbocycles. The van der Waals surface area contributed by atoms with Gasteiger partial charge in [0.05, 0.1) is 22.3 Å². The van der Waals surface area contributed by atoms with Gasteiger partial charge in [0.25, 0.3) is 15.9 Å². The molecule has 2 aromatic carbocycles. The minimum absolute atomic E-state index is 0.0845. The average Bonchev–Trinajstić information content (AvgIpc) is 2.56. The molecule has 1 aliphatic heterocycles. The molecule has 126 valence electrons. The highest BCUT2D eigenvalue weighted by atomic mass is 35.5. The maximum Gasteiger partial charge on any atom is 0.266 e. The van der Waals surface area contributed by atoms with E-state index in [2.05, 4.69) is 0 Å². The highest BCUT2D eigenvalue weighted by molar-refractivity contribution is 7.93. The molecule has 9 heteroatoms. The number of hydrogen-bond acceptors (Lipinski definition) is 4. The first-order chi connectivity index (χ1) is 11.3. The maximum atomic E-state index is 13.1. The van der Waals surface area contributed by atoms with Crippen molar-refractivity contribution >= 4 is 44.8 Å². The fourth-order valence-electron chi connectivity index (χ4n) is 2.38. The van der Waals surface area contributed by atoms with Crippen LogP contribution in [0.15, 0.2) is 47.4 Å². The van der Waals surface area contributed by atoms with Crippen LogP contribution in [-0.4, -0.2) is 27.0 Å². The molecule has 24 heavy (non-hydrogen) atoms. The smallest absolute Gasteiger partial charge is 0.266 e. The third-order valence-corrected chi connectivity index (χ3v) is 6.29. The molecule has 1 heterocycles. The van der Waals surface area contributed by atoms with Crippen molar-refractivity contribution in [2.45, 2.75) is 11.0 Å². The number of ether oxygens (including phenoxy) is 1. The zero-order chi connectivity index (χ0) is 17.5. The highest BCUT2D eigenvalue weighted by Crippen LogP contribution is 2.39. The lowest BCUT2D eigenvalue weighted by Gasteiger charge is -2.34. The zero-order valence-corrected chi connectivity index (χ0v) is 14.5. The fourth-order valence-corrected chi connectivity index (χ4v) is 4.59. The molecule has 0 aromatic heterocycles. The molecule has 2 N–H and O–H groups in total. The summed E-state index contributed by atoms with van der Waals surface area (Å²) in [5.41, 5.74) is 5.59. The Balaban J connectivity index is 2.16. The van der Waals surface area contributed by atoms with Crippen LogP contribution in [0.5, 0.6) is 5.75 Å². The summed E-state index contributed by atoms with van der Waals surface area (Å²) in [6.07, 6.45) is -1.10. The first-order valence-electron chi connectivity index (χ1n) is 6.84. The number of nitrogens with two attached hydrogens (primary N) is 1. The van der Waals surface area contributed by atoms with Gasteiger partial charge in [0.1, 0.15) is 10.6 Å². The van der Waals surface area contributed by atoms with Crippen LogP contribution in [-0.2, 0) is 14.8 Å². The van der Waals surface area contributed by atoms with Crippen molar-refractivity contribution in [3.63, 3.8) is 0 Å². The first kappa shape index (κ1) is 16.9. The minimum Gasteiger partial charge on any atom is -0.476 e. The van der Waals surface area contributed by atoms with Crippen molar-refractivity contribution in [3.8, 4) is 5.75 Å². The number of halogens is 2. The molecule has 3 rings (SSSR count). The van der Waals surface area contributed by atoms with E-state index >= 15 is 0 Å². The van der Waals surface area contributed by atoms with Gasteiger partial charge >= 0.3 is 0 Å². The Hall–Kier alpha value is -1.96. The van der Waals surface area contributed by atoms with Crippen LogP contribution in [0.25, 0.3) is 0 Å². The molecule has 6 nitrogen and oxygen atoms in total. The summed E-state index contributed by atoms with van der Waals surface area (Å²) in [5.74, 6) is -0.517. The summed E-state index contributed by atoms with van der Waals surface area (Å²) in [6, 6.07) is 10.8. The highest BCUT2D eigenvalue weighted by Gasteiger charge is 2.37. The van der Waals surface area contributed by atoms with E-state index in [1.54, 1.807) is 24.3 Å². The van der Waals surface area contributed by atoms with Crippen molar-refractivity contribution in [1.82, 2.24) is 0 Å². The van der Waals surface area contributed by atoms with Crippen LogP contribution in [0, 0.1) is 0 Å². The lowest BCUT2D eigenvalue weighted by molar-refractivity contribution is -0.124. The summed E-state index contributed by atoms with van der Waals surface area (Å²) in [6.45, 7) is -0.252. The van der Waals surface area contributed by atoms with E-state index in [4.69, 9.17) is 33.7 Å². The molecule has 1 amide bonds. The number of sulfonamides is 1. The molecule has 2 aromatic rings. The molecule has 1 atom stereocenters. The summed E-state index contributed by atoms with van der Waals surface area (Å²) >= 11 is 12.0. The quantitative estimate of drug-likeness (QED) is 0.876. The van der Waals surface area contributed by atoms with Crippen LogP contribution in [0.2, 0.25) is 10.0 Å². The number of amides is 1. The van der Waals surface area contributed by atoms with Crippen molar-refractivity contribution < 1.29 is 17.9 Å². The van der Waals surface area contributed by atoms with Gasteiger partial charge in [0.15, 0.2) is 6.10 Å². The largest absolute Gasteiger partial charge is 0.476 e. The van der Waals surface area contributed by atoms with E-state index in [1.165, 1.54) is 18.2 Å². The second kappa shape index (κ2) is 6.16. The van der Waals surface area contributed by atoms with Gasteiger partial charge in [-0.15, -0.1) is 0 Å². The summed E-state index contributed by atoms with van der Waals surface area (Å²) < 4.78 is 32.7. The number of para-hydroxylation sites is 2. The van der Waals surface area contributed by atoms with Crippen LogP contribution in [0.1, 0.15) is 0 Å². The van der Waals surface area contributed by atoms with Gasteiger partial charge in [-0.05, 0) is 24.3 Å². The van der Waals surface area contributed by atoms with E-state index in [9.17, 15) is 13.2 Å². The molecule has 0 radical (unpaired) electrons. The van der Waals surface area contributed by atoms with Gasteiger partial charge < -0.3 is 10.5 Å². The molecule has 0 fully saturated rings. The predicted octanol–water partition coefficient (Wildman–Crippen LogP) is 2.44. The maximum absolute atomic E-state index is 13.1. The van der Waals surface area contributed by atoms with Gasteiger partial charge in [0, 0.05) is 0 Å². The van der Waals surface area contributed by atoms with Crippen molar-refractivity contribution in [1.29, 1.82) is 0 Å². The number of hydrogen-bond donors (Lipinski definition) is 1. The molecule has 0 bridgehead atoms. The van der Waals surface area contributed by atoms with Crippen molar-refractivity contribution in [2.75, 3.05) is 10.8 Å². The number of anilines is 1. The van der Waals surface area contributed by atoms with E-state index in [0.717, 1.165) is 4.31 Å². The molecule has 0 saturated heterocycles. The Morgan fingerprint density at radius 2 is 1.88 bits per heavy atom. The zero-order valence-electron chi connectivity index (χ0n) is 12.1. The Morgan fingerprint density at radius 3 is 2.58 bits per heavy atom. The average molecular weight is 387 g/mol. The van der Waals surface area contributed by atoms with Gasteiger partial charge in [-0.3, -0.25) is 9.10 Å². The number of rotatable bonds is 3. The topological polar surface area (TPSA) is 89.7 Å². The Kier molecular flexibility index (Phi) is 4.33. The summed E-state index contributed by atoms with van der Waals surface area (Å²) in [5, 5.41) is 0.0319. The molecule has 0 aliphatic carbocycles. The molecule has 0 spiro atoms. The standard InChI is InChI=1S/C15H12Cl2N2O4S/c16-9-4-3-7-13(14(9)17)24(21,22)19-8-12(15(18)20)23-11-6-2-1-5-10(11)19/h1-7,12H,8H2,(H2,18,20)/t12-/m0/s1.